The van der Waals surface area contributed by atoms with E-state index < -0.39 is 0 Å². The summed E-state index contributed by atoms with van der Waals surface area (Å²) in [5, 5.41) is 4.48. The van der Waals surface area contributed by atoms with Crippen LogP contribution in [0.15, 0.2) is 18.6 Å². The first-order valence-corrected chi connectivity index (χ1v) is 5.55. The smallest absolute Gasteiger partial charge is 0.141 e. The maximum Gasteiger partial charge on any atom is 0.141 e. The summed E-state index contributed by atoms with van der Waals surface area (Å²) in [7, 11) is 0. The lowest BCUT2D eigenvalue weighted by molar-refractivity contribution is 0.737. The predicted molar refractivity (Wildman–Crippen MR) is 64.1 cm³/mol. The Bertz CT molecular complexity index is 553. The summed E-state index contributed by atoms with van der Waals surface area (Å²) in [4.78, 5) is 11.9. The molecule has 0 atom stereocenters. The van der Waals surface area contributed by atoms with E-state index in [-0.39, 0.29) is 0 Å². The number of aryl methyl sites for hydroxylation is 1. The average Bonchev–Trinajstić information content (AvgIpc) is 2.73. The molecule has 4 heteroatoms. The van der Waals surface area contributed by atoms with Gasteiger partial charge in [0.25, 0.3) is 0 Å². The summed E-state index contributed by atoms with van der Waals surface area (Å²) < 4.78 is 0. The summed E-state index contributed by atoms with van der Waals surface area (Å²) in [6.45, 7) is 4.05. The Labute approximate surface area is 93.8 Å². The van der Waals surface area contributed by atoms with Crippen LogP contribution >= 0.6 is 0 Å². The second-order valence-electron chi connectivity index (χ2n) is 4.10. The summed E-state index contributed by atoms with van der Waals surface area (Å²) in [6, 6.07) is 0. The van der Waals surface area contributed by atoms with Gasteiger partial charge in [0.2, 0.25) is 0 Å². The van der Waals surface area contributed by atoms with Crippen molar-refractivity contribution in [3.05, 3.63) is 29.9 Å². The number of nitrogens with one attached hydrogen (secondary N) is 2. The van der Waals surface area contributed by atoms with E-state index in [0.29, 0.717) is 0 Å². The fourth-order valence-electron chi connectivity index (χ4n) is 2.20. The molecule has 0 fully saturated rings. The Morgan fingerprint density at radius 2 is 2.25 bits per heavy atom. The number of H-pyrrole nitrogens is 1. The molecule has 0 radical (unpaired) electrons. The molecule has 0 bridgehead atoms. The van der Waals surface area contributed by atoms with Gasteiger partial charge in [0.1, 0.15) is 12.0 Å². The van der Waals surface area contributed by atoms with E-state index in [0.717, 1.165) is 36.2 Å². The van der Waals surface area contributed by atoms with Crippen molar-refractivity contribution in [3.8, 4) is 0 Å². The van der Waals surface area contributed by atoms with Crippen LogP contribution in [0.5, 0.6) is 0 Å². The van der Waals surface area contributed by atoms with Gasteiger partial charge in [-0.3, -0.25) is 0 Å². The highest BCUT2D eigenvalue weighted by molar-refractivity contribution is 5.90. The number of nitrogens with zero attached hydrogens (tertiary/aromatic N) is 2. The van der Waals surface area contributed by atoms with E-state index >= 15 is 0 Å². The summed E-state index contributed by atoms with van der Waals surface area (Å²) >= 11 is 0. The normalized spacial score (nSPS) is 16.4. The molecule has 16 heavy (non-hydrogen) atoms. The molecule has 0 saturated heterocycles. The molecule has 3 heterocycles. The van der Waals surface area contributed by atoms with Crippen molar-refractivity contribution in [3.63, 3.8) is 0 Å². The molecule has 3 rings (SSSR count). The Hall–Kier alpha value is -1.68. The van der Waals surface area contributed by atoms with Crippen LogP contribution in [0.25, 0.3) is 16.6 Å². The van der Waals surface area contributed by atoms with E-state index in [9.17, 15) is 0 Å². The standard InChI is InChI=1S/C12H14N4/c1-8-6-14-12-10(8)11(15-7-16-12)9-2-4-13-5-3-9/h2,6-7,13H,3-5H2,1H3,(H,14,15,16). The Morgan fingerprint density at radius 1 is 1.31 bits per heavy atom. The number of rotatable bonds is 1. The molecule has 2 aromatic rings. The van der Waals surface area contributed by atoms with Crippen molar-refractivity contribution < 1.29 is 0 Å². The van der Waals surface area contributed by atoms with Gasteiger partial charge in [-0.25, -0.2) is 9.97 Å². The zero-order valence-corrected chi connectivity index (χ0v) is 9.25. The monoisotopic (exact) mass is 214 g/mol. The predicted octanol–water partition coefficient (Wildman–Crippen LogP) is 1.64. The van der Waals surface area contributed by atoms with Crippen LogP contribution in [0.1, 0.15) is 17.7 Å². The molecule has 0 aliphatic carbocycles. The zero-order chi connectivity index (χ0) is 11.0. The van der Waals surface area contributed by atoms with Gasteiger partial charge in [0.15, 0.2) is 0 Å². The molecule has 2 aromatic heterocycles. The molecule has 4 nitrogen and oxygen atoms in total. The number of hydrogen-bond acceptors (Lipinski definition) is 3. The quantitative estimate of drug-likeness (QED) is 0.758. The Kier molecular flexibility index (Phi) is 2.22. The van der Waals surface area contributed by atoms with Crippen LogP contribution in [-0.2, 0) is 0 Å². The molecule has 0 spiro atoms. The number of hydrogen-bond donors (Lipinski definition) is 2. The topological polar surface area (TPSA) is 53.6 Å². The Morgan fingerprint density at radius 3 is 3.06 bits per heavy atom. The summed E-state index contributed by atoms with van der Waals surface area (Å²) in [6.07, 6.45) is 6.88. The second kappa shape index (κ2) is 3.72. The molecule has 0 amide bonds. The first-order valence-electron chi connectivity index (χ1n) is 5.55. The highest BCUT2D eigenvalue weighted by Gasteiger charge is 2.13. The minimum atomic E-state index is 0.932. The highest BCUT2D eigenvalue weighted by atomic mass is 14.9. The first-order chi connectivity index (χ1) is 7.86. The number of fused-ring (bicyclic) bond motifs is 1. The van der Waals surface area contributed by atoms with Crippen LogP contribution in [0.2, 0.25) is 0 Å². The van der Waals surface area contributed by atoms with Crippen molar-refractivity contribution in [1.29, 1.82) is 0 Å². The van der Waals surface area contributed by atoms with Gasteiger partial charge in [0, 0.05) is 18.1 Å². The van der Waals surface area contributed by atoms with E-state index in [1.807, 2.05) is 6.20 Å². The maximum absolute atomic E-state index is 4.44. The molecule has 1 aliphatic heterocycles. The van der Waals surface area contributed by atoms with E-state index in [1.54, 1.807) is 6.33 Å². The van der Waals surface area contributed by atoms with Gasteiger partial charge in [-0.15, -0.1) is 0 Å². The van der Waals surface area contributed by atoms with Crippen LogP contribution in [0.4, 0.5) is 0 Å². The third-order valence-electron chi connectivity index (χ3n) is 3.04. The van der Waals surface area contributed by atoms with Gasteiger partial charge in [-0.1, -0.05) is 6.08 Å². The van der Waals surface area contributed by atoms with E-state index in [2.05, 4.69) is 33.3 Å². The van der Waals surface area contributed by atoms with Crippen LogP contribution in [0.3, 0.4) is 0 Å². The molecule has 82 valence electrons. The SMILES string of the molecule is Cc1c[nH]c2ncnc(C3=CCNCC3)c12. The fourth-order valence-corrected chi connectivity index (χ4v) is 2.20. The van der Waals surface area contributed by atoms with E-state index in [1.165, 1.54) is 11.1 Å². The van der Waals surface area contributed by atoms with Gasteiger partial charge in [-0.2, -0.15) is 0 Å². The minimum Gasteiger partial charge on any atom is -0.346 e. The third kappa shape index (κ3) is 1.42. The number of aromatic nitrogens is 3. The molecular weight excluding hydrogens is 200 g/mol. The van der Waals surface area contributed by atoms with Crippen molar-refractivity contribution in [2.24, 2.45) is 0 Å². The van der Waals surface area contributed by atoms with Crippen molar-refractivity contribution in [2.75, 3.05) is 13.1 Å². The largest absolute Gasteiger partial charge is 0.346 e. The Balaban J connectivity index is 2.22. The van der Waals surface area contributed by atoms with Crippen molar-refractivity contribution in [1.82, 2.24) is 20.3 Å². The van der Waals surface area contributed by atoms with Crippen LogP contribution in [0, 0.1) is 6.92 Å². The fraction of sp³-hybridized carbons (Fsp3) is 0.333. The first kappa shape index (κ1) is 9.54. The summed E-state index contributed by atoms with van der Waals surface area (Å²) in [5.41, 5.74) is 4.56. The van der Waals surface area contributed by atoms with Crippen LogP contribution in [-0.4, -0.2) is 28.0 Å². The maximum atomic E-state index is 4.44. The second-order valence-corrected chi connectivity index (χ2v) is 4.10. The van der Waals surface area contributed by atoms with Gasteiger partial charge in [0.05, 0.1) is 5.69 Å². The van der Waals surface area contributed by atoms with Gasteiger partial charge < -0.3 is 10.3 Å². The summed E-state index contributed by atoms with van der Waals surface area (Å²) in [5.74, 6) is 0. The van der Waals surface area contributed by atoms with Crippen LogP contribution < -0.4 is 5.32 Å². The third-order valence-corrected chi connectivity index (χ3v) is 3.04. The lowest BCUT2D eigenvalue weighted by Gasteiger charge is -2.14. The van der Waals surface area contributed by atoms with Gasteiger partial charge >= 0.3 is 0 Å². The van der Waals surface area contributed by atoms with Crippen molar-refractivity contribution in [2.45, 2.75) is 13.3 Å². The minimum absolute atomic E-state index is 0.932. The van der Waals surface area contributed by atoms with E-state index in [4.69, 9.17) is 0 Å². The molecule has 1 aliphatic rings. The molecular formula is C12H14N4. The average molecular weight is 214 g/mol. The molecule has 0 unspecified atom stereocenters. The lowest BCUT2D eigenvalue weighted by Crippen LogP contribution is -2.20. The number of aromatic amines is 1. The van der Waals surface area contributed by atoms with Gasteiger partial charge in [-0.05, 0) is 31.0 Å². The molecule has 2 N–H and O–H groups in total. The zero-order valence-electron chi connectivity index (χ0n) is 9.25. The molecule has 0 saturated carbocycles. The lowest BCUT2D eigenvalue weighted by atomic mass is 10.0. The highest BCUT2D eigenvalue weighted by Crippen LogP contribution is 2.26. The van der Waals surface area contributed by atoms with Crippen molar-refractivity contribution >= 4 is 16.6 Å². The molecule has 0 aromatic carbocycles.